The molecule has 1 unspecified atom stereocenters. The lowest BCUT2D eigenvalue weighted by atomic mass is 9.86. The Morgan fingerprint density at radius 2 is 1.93 bits per heavy atom. The minimum Gasteiger partial charge on any atom is -0.493 e. The fourth-order valence-electron chi connectivity index (χ4n) is 4.75. The highest BCUT2D eigenvalue weighted by Crippen LogP contribution is 2.36. The second-order valence-electron chi connectivity index (χ2n) is 8.18. The van der Waals surface area contributed by atoms with Gasteiger partial charge in [0.05, 0.1) is 12.6 Å². The fraction of sp³-hybridized carbons (Fsp3) is 0.435. The predicted molar refractivity (Wildman–Crippen MR) is 107 cm³/mol. The average Bonchev–Trinajstić information content (AvgIpc) is 2.74. The van der Waals surface area contributed by atoms with Crippen LogP contribution in [-0.4, -0.2) is 43.3 Å². The number of carbonyl (C=O) groups excluding carboxylic acids is 1. The summed E-state index contributed by atoms with van der Waals surface area (Å²) >= 11 is 0. The lowest BCUT2D eigenvalue weighted by Gasteiger charge is -2.44. The van der Waals surface area contributed by atoms with Crippen molar-refractivity contribution in [1.29, 1.82) is 0 Å². The van der Waals surface area contributed by atoms with E-state index < -0.39 is 0 Å². The highest BCUT2D eigenvalue weighted by Gasteiger charge is 2.37. The molecular weight excluding hydrogens is 371 g/mol. The van der Waals surface area contributed by atoms with Crippen LogP contribution in [0.3, 0.4) is 0 Å². The third-order valence-corrected chi connectivity index (χ3v) is 6.35. The summed E-state index contributed by atoms with van der Waals surface area (Å²) in [5.41, 5.74) is 2.60. The van der Waals surface area contributed by atoms with E-state index in [0.29, 0.717) is 18.9 Å². The summed E-state index contributed by atoms with van der Waals surface area (Å²) in [4.78, 5) is 15.0. The molecule has 4 heterocycles. The minimum absolute atomic E-state index is 0.0181. The van der Waals surface area contributed by atoms with E-state index in [2.05, 4.69) is 10.2 Å². The quantitative estimate of drug-likeness (QED) is 0.847. The minimum atomic E-state index is -0.363. The number of piperidine rings is 3. The molecule has 5 nitrogen and oxygen atoms in total. The van der Waals surface area contributed by atoms with E-state index in [1.165, 1.54) is 12.1 Å². The first-order valence-corrected chi connectivity index (χ1v) is 10.4. The molecule has 3 fully saturated rings. The topological polar surface area (TPSA) is 50.8 Å². The normalized spacial score (nSPS) is 27.6. The van der Waals surface area contributed by atoms with Crippen LogP contribution in [-0.2, 0) is 4.74 Å². The molecule has 6 heteroatoms. The van der Waals surface area contributed by atoms with Gasteiger partial charge in [-0.15, -0.1) is 0 Å². The molecule has 3 saturated heterocycles. The first-order valence-electron chi connectivity index (χ1n) is 10.4. The van der Waals surface area contributed by atoms with Crippen LogP contribution in [0.5, 0.6) is 5.75 Å². The number of benzene rings is 2. The van der Waals surface area contributed by atoms with Gasteiger partial charge in [-0.2, -0.15) is 0 Å². The van der Waals surface area contributed by atoms with Crippen molar-refractivity contribution in [2.24, 2.45) is 5.92 Å². The SMILES string of the molecule is O=C(NC1CCOc2ccc(-c3cccc(F)c3)cc21)O[C@@H]1CN2CCC1CC2. The van der Waals surface area contributed by atoms with E-state index >= 15 is 0 Å². The Kier molecular flexibility index (Phi) is 4.87. The van der Waals surface area contributed by atoms with E-state index in [9.17, 15) is 9.18 Å². The molecule has 29 heavy (non-hydrogen) atoms. The molecule has 1 amide bonds. The smallest absolute Gasteiger partial charge is 0.407 e. The van der Waals surface area contributed by atoms with Crippen molar-refractivity contribution in [2.45, 2.75) is 31.4 Å². The number of nitrogens with one attached hydrogen (secondary N) is 1. The van der Waals surface area contributed by atoms with Crippen molar-refractivity contribution in [3.63, 3.8) is 0 Å². The van der Waals surface area contributed by atoms with Gasteiger partial charge in [-0.05, 0) is 67.2 Å². The van der Waals surface area contributed by atoms with Gasteiger partial charge in [-0.25, -0.2) is 9.18 Å². The summed E-state index contributed by atoms with van der Waals surface area (Å²) in [5.74, 6) is 0.962. The molecule has 4 aliphatic heterocycles. The van der Waals surface area contributed by atoms with E-state index in [4.69, 9.17) is 9.47 Å². The molecule has 4 aliphatic rings. The third kappa shape index (κ3) is 3.81. The fourth-order valence-corrected chi connectivity index (χ4v) is 4.75. The maximum atomic E-state index is 13.6. The van der Waals surface area contributed by atoms with Crippen LogP contribution < -0.4 is 10.1 Å². The Balaban J connectivity index is 1.32. The first-order chi connectivity index (χ1) is 14.2. The van der Waals surface area contributed by atoms with Gasteiger partial charge in [-0.3, -0.25) is 4.90 Å². The Hall–Kier alpha value is -2.60. The van der Waals surface area contributed by atoms with E-state index in [1.54, 1.807) is 6.07 Å². The second-order valence-corrected chi connectivity index (χ2v) is 8.18. The van der Waals surface area contributed by atoms with Crippen LogP contribution in [0.1, 0.15) is 30.9 Å². The maximum absolute atomic E-state index is 13.6. The summed E-state index contributed by atoms with van der Waals surface area (Å²) in [6.07, 6.45) is 2.51. The standard InChI is InChI=1S/C23H25FN2O3/c24-18-3-1-2-16(12-18)17-4-5-21-19(13-17)20(8-11-28-21)25-23(27)29-22-14-26-9-6-15(22)7-10-26/h1-5,12-13,15,20,22H,6-11,14H2,(H,25,27)/t20?,22-/m1/s1. The Morgan fingerprint density at radius 1 is 1.10 bits per heavy atom. The van der Waals surface area contributed by atoms with Gasteiger partial charge in [-0.1, -0.05) is 18.2 Å². The molecule has 2 aromatic rings. The van der Waals surface area contributed by atoms with Gasteiger partial charge < -0.3 is 14.8 Å². The van der Waals surface area contributed by atoms with Gasteiger partial charge >= 0.3 is 6.09 Å². The number of amides is 1. The zero-order valence-corrected chi connectivity index (χ0v) is 16.3. The summed E-state index contributed by atoms with van der Waals surface area (Å²) in [5, 5.41) is 3.04. The Morgan fingerprint density at radius 3 is 2.69 bits per heavy atom. The van der Waals surface area contributed by atoms with Crippen molar-refractivity contribution >= 4 is 6.09 Å². The van der Waals surface area contributed by atoms with Gasteiger partial charge in [0, 0.05) is 18.5 Å². The van der Waals surface area contributed by atoms with Gasteiger partial charge in [0.15, 0.2) is 0 Å². The van der Waals surface area contributed by atoms with Gasteiger partial charge in [0.1, 0.15) is 17.7 Å². The zero-order valence-electron chi connectivity index (χ0n) is 16.3. The summed E-state index contributed by atoms with van der Waals surface area (Å²) in [6, 6.07) is 12.1. The second kappa shape index (κ2) is 7.67. The largest absolute Gasteiger partial charge is 0.493 e. The highest BCUT2D eigenvalue weighted by atomic mass is 19.1. The van der Waals surface area contributed by atoms with E-state index in [-0.39, 0.29) is 24.1 Å². The number of fused-ring (bicyclic) bond motifs is 4. The molecule has 0 saturated carbocycles. The van der Waals surface area contributed by atoms with Crippen molar-refractivity contribution in [3.8, 4) is 16.9 Å². The number of ether oxygens (including phenoxy) is 2. The molecule has 2 atom stereocenters. The van der Waals surface area contributed by atoms with Crippen molar-refractivity contribution < 1.29 is 18.7 Å². The third-order valence-electron chi connectivity index (χ3n) is 6.35. The van der Waals surface area contributed by atoms with Crippen molar-refractivity contribution in [2.75, 3.05) is 26.2 Å². The molecule has 2 aromatic carbocycles. The number of hydrogen-bond acceptors (Lipinski definition) is 4. The average molecular weight is 396 g/mol. The molecule has 0 aliphatic carbocycles. The molecule has 152 valence electrons. The molecule has 0 spiro atoms. The number of carbonyl (C=O) groups is 1. The molecule has 1 N–H and O–H groups in total. The number of alkyl carbamates (subject to hydrolysis) is 1. The summed E-state index contributed by atoms with van der Waals surface area (Å²) in [6.45, 7) is 3.61. The highest BCUT2D eigenvalue weighted by molar-refractivity contribution is 5.70. The molecule has 0 aromatic heterocycles. The lowest BCUT2D eigenvalue weighted by Crippen LogP contribution is -2.52. The van der Waals surface area contributed by atoms with Crippen LogP contribution >= 0.6 is 0 Å². The molecule has 2 bridgehead atoms. The molecular formula is C23H25FN2O3. The molecule has 0 radical (unpaired) electrons. The van der Waals surface area contributed by atoms with Crippen LogP contribution in [0.2, 0.25) is 0 Å². The Labute approximate surface area is 169 Å². The zero-order chi connectivity index (χ0) is 19.8. The van der Waals surface area contributed by atoms with Gasteiger partial charge in [0.2, 0.25) is 0 Å². The number of rotatable bonds is 3. The summed E-state index contributed by atoms with van der Waals surface area (Å²) < 4.78 is 25.2. The van der Waals surface area contributed by atoms with Crippen LogP contribution in [0.4, 0.5) is 9.18 Å². The monoisotopic (exact) mass is 396 g/mol. The van der Waals surface area contributed by atoms with Crippen LogP contribution in [0, 0.1) is 11.7 Å². The lowest BCUT2D eigenvalue weighted by molar-refractivity contribution is -0.0342. The number of halogens is 1. The van der Waals surface area contributed by atoms with E-state index in [1.807, 2.05) is 24.3 Å². The first kappa shape index (κ1) is 18.4. The van der Waals surface area contributed by atoms with Crippen LogP contribution in [0.15, 0.2) is 42.5 Å². The summed E-state index contributed by atoms with van der Waals surface area (Å²) in [7, 11) is 0. The predicted octanol–water partition coefficient (Wildman–Crippen LogP) is 4.14. The van der Waals surface area contributed by atoms with Gasteiger partial charge in [0.25, 0.3) is 0 Å². The Bertz CT molecular complexity index is 911. The van der Waals surface area contributed by atoms with E-state index in [0.717, 1.165) is 54.9 Å². The maximum Gasteiger partial charge on any atom is 0.407 e. The molecule has 6 rings (SSSR count). The number of hydrogen-bond donors (Lipinski definition) is 1. The number of nitrogens with zero attached hydrogens (tertiary/aromatic N) is 1. The van der Waals surface area contributed by atoms with Crippen LogP contribution in [0.25, 0.3) is 11.1 Å². The van der Waals surface area contributed by atoms with Crippen molar-refractivity contribution in [1.82, 2.24) is 10.2 Å². The van der Waals surface area contributed by atoms with Crippen molar-refractivity contribution in [3.05, 3.63) is 53.8 Å².